The van der Waals surface area contributed by atoms with Crippen LogP contribution >= 0.6 is 0 Å². The number of hydrogen-bond acceptors (Lipinski definition) is 3. The fraction of sp³-hybridized carbons (Fsp3) is 0.385. The van der Waals surface area contributed by atoms with E-state index < -0.39 is 5.97 Å². The normalized spacial score (nSPS) is 9.83. The highest BCUT2D eigenvalue weighted by molar-refractivity contribution is 5.90. The molecule has 0 spiro atoms. The number of carboxylic acids is 1. The SMILES string of the molecule is COc1cccc(NC(=O)CCCCC(=O)O)c1. The van der Waals surface area contributed by atoms with Gasteiger partial charge in [0.25, 0.3) is 0 Å². The summed E-state index contributed by atoms with van der Waals surface area (Å²) in [5.41, 5.74) is 0.678. The van der Waals surface area contributed by atoms with E-state index in [1.54, 1.807) is 31.4 Å². The molecule has 0 aliphatic rings. The first-order valence-corrected chi connectivity index (χ1v) is 5.77. The van der Waals surface area contributed by atoms with Crippen LogP contribution in [0.15, 0.2) is 24.3 Å². The molecule has 1 aromatic carbocycles. The molecular weight excluding hydrogens is 234 g/mol. The molecule has 0 aromatic heterocycles. The first kappa shape index (κ1) is 14.0. The summed E-state index contributed by atoms with van der Waals surface area (Å²) in [5.74, 6) is -0.268. The highest BCUT2D eigenvalue weighted by Gasteiger charge is 2.04. The Labute approximate surface area is 106 Å². The van der Waals surface area contributed by atoms with E-state index in [0.717, 1.165) is 0 Å². The van der Waals surface area contributed by atoms with Gasteiger partial charge >= 0.3 is 5.97 Å². The summed E-state index contributed by atoms with van der Waals surface area (Å²) in [4.78, 5) is 21.8. The van der Waals surface area contributed by atoms with E-state index in [1.165, 1.54) is 0 Å². The van der Waals surface area contributed by atoms with Crippen LogP contribution in [-0.4, -0.2) is 24.1 Å². The lowest BCUT2D eigenvalue weighted by Gasteiger charge is -2.06. The van der Waals surface area contributed by atoms with Crippen LogP contribution in [0.3, 0.4) is 0 Å². The van der Waals surface area contributed by atoms with Crippen LogP contribution in [0.4, 0.5) is 5.69 Å². The summed E-state index contributed by atoms with van der Waals surface area (Å²) >= 11 is 0. The summed E-state index contributed by atoms with van der Waals surface area (Å²) in [6, 6.07) is 7.09. The minimum Gasteiger partial charge on any atom is -0.497 e. The van der Waals surface area contributed by atoms with Crippen molar-refractivity contribution in [2.45, 2.75) is 25.7 Å². The Hall–Kier alpha value is -2.04. The van der Waals surface area contributed by atoms with E-state index in [1.807, 2.05) is 0 Å². The van der Waals surface area contributed by atoms with Crippen molar-refractivity contribution >= 4 is 17.6 Å². The smallest absolute Gasteiger partial charge is 0.303 e. The Bertz CT molecular complexity index is 417. The summed E-state index contributed by atoms with van der Waals surface area (Å²) in [7, 11) is 1.56. The highest BCUT2D eigenvalue weighted by atomic mass is 16.5. The molecule has 0 unspecified atom stereocenters. The van der Waals surface area contributed by atoms with Gasteiger partial charge in [-0.3, -0.25) is 9.59 Å². The predicted molar refractivity (Wildman–Crippen MR) is 67.7 cm³/mol. The Morgan fingerprint density at radius 2 is 2.00 bits per heavy atom. The minimum atomic E-state index is -0.830. The first-order valence-electron chi connectivity index (χ1n) is 5.77. The largest absolute Gasteiger partial charge is 0.497 e. The predicted octanol–water partition coefficient (Wildman–Crippen LogP) is 2.28. The number of nitrogens with one attached hydrogen (secondary N) is 1. The van der Waals surface area contributed by atoms with Crippen molar-refractivity contribution in [1.82, 2.24) is 0 Å². The summed E-state index contributed by atoms with van der Waals surface area (Å²) in [6.07, 6.45) is 1.51. The topological polar surface area (TPSA) is 75.6 Å². The van der Waals surface area contributed by atoms with Gasteiger partial charge in [0.15, 0.2) is 0 Å². The molecule has 5 heteroatoms. The third-order valence-electron chi connectivity index (χ3n) is 2.40. The van der Waals surface area contributed by atoms with E-state index in [0.29, 0.717) is 30.7 Å². The van der Waals surface area contributed by atoms with Crippen molar-refractivity contribution in [1.29, 1.82) is 0 Å². The second-order valence-corrected chi connectivity index (χ2v) is 3.88. The van der Waals surface area contributed by atoms with Gasteiger partial charge in [0.1, 0.15) is 5.75 Å². The maximum atomic E-state index is 11.6. The molecule has 98 valence electrons. The molecule has 2 N–H and O–H groups in total. The molecular formula is C13H17NO4. The molecule has 0 aliphatic heterocycles. The van der Waals surface area contributed by atoms with Crippen molar-refractivity contribution in [3.05, 3.63) is 24.3 Å². The third kappa shape index (κ3) is 5.34. The third-order valence-corrected chi connectivity index (χ3v) is 2.40. The highest BCUT2D eigenvalue weighted by Crippen LogP contribution is 2.17. The van der Waals surface area contributed by atoms with Crippen LogP contribution in [0.25, 0.3) is 0 Å². The summed E-state index contributed by atoms with van der Waals surface area (Å²) < 4.78 is 5.04. The van der Waals surface area contributed by atoms with Gasteiger partial charge in [-0.25, -0.2) is 0 Å². The average Bonchev–Trinajstić information content (AvgIpc) is 2.34. The van der Waals surface area contributed by atoms with Crippen LogP contribution < -0.4 is 10.1 Å². The zero-order valence-corrected chi connectivity index (χ0v) is 10.3. The number of carbonyl (C=O) groups excluding carboxylic acids is 1. The molecule has 0 saturated heterocycles. The Kier molecular flexibility index (Phi) is 5.70. The summed E-state index contributed by atoms with van der Waals surface area (Å²) in [6.45, 7) is 0. The lowest BCUT2D eigenvalue weighted by atomic mass is 10.2. The average molecular weight is 251 g/mol. The van der Waals surface area contributed by atoms with E-state index in [-0.39, 0.29) is 12.3 Å². The van der Waals surface area contributed by atoms with Gasteiger partial charge in [-0.2, -0.15) is 0 Å². The molecule has 0 radical (unpaired) electrons. The Morgan fingerprint density at radius 1 is 1.28 bits per heavy atom. The number of benzene rings is 1. The van der Waals surface area contributed by atoms with E-state index in [2.05, 4.69) is 5.32 Å². The number of anilines is 1. The van der Waals surface area contributed by atoms with Crippen LogP contribution in [0.1, 0.15) is 25.7 Å². The van der Waals surface area contributed by atoms with Crippen LogP contribution in [-0.2, 0) is 9.59 Å². The Balaban J connectivity index is 2.33. The maximum absolute atomic E-state index is 11.6. The van der Waals surface area contributed by atoms with E-state index in [9.17, 15) is 9.59 Å². The van der Waals surface area contributed by atoms with Gasteiger partial charge in [-0.15, -0.1) is 0 Å². The van der Waals surface area contributed by atoms with Gasteiger partial charge in [0.05, 0.1) is 7.11 Å². The second-order valence-electron chi connectivity index (χ2n) is 3.88. The molecule has 0 heterocycles. The molecule has 1 aromatic rings. The number of rotatable bonds is 7. The van der Waals surface area contributed by atoms with Crippen LogP contribution in [0, 0.1) is 0 Å². The molecule has 0 fully saturated rings. The van der Waals surface area contributed by atoms with Crippen molar-refractivity contribution in [2.24, 2.45) is 0 Å². The van der Waals surface area contributed by atoms with E-state index in [4.69, 9.17) is 9.84 Å². The zero-order chi connectivity index (χ0) is 13.4. The lowest BCUT2D eigenvalue weighted by Crippen LogP contribution is -2.11. The fourth-order valence-corrected chi connectivity index (χ4v) is 1.49. The lowest BCUT2D eigenvalue weighted by molar-refractivity contribution is -0.137. The number of carbonyl (C=O) groups is 2. The molecule has 0 atom stereocenters. The Morgan fingerprint density at radius 3 is 2.67 bits per heavy atom. The van der Waals surface area contributed by atoms with E-state index >= 15 is 0 Å². The van der Waals surface area contributed by atoms with Gasteiger partial charge in [-0.1, -0.05) is 6.07 Å². The molecule has 0 saturated carbocycles. The standard InChI is InChI=1S/C13H17NO4/c1-18-11-6-4-5-10(9-11)14-12(15)7-2-3-8-13(16)17/h4-6,9H,2-3,7-8H2,1H3,(H,14,15)(H,16,17). The van der Waals surface area contributed by atoms with Crippen LogP contribution in [0.2, 0.25) is 0 Å². The molecule has 1 amide bonds. The van der Waals surface area contributed by atoms with Crippen molar-refractivity contribution < 1.29 is 19.4 Å². The van der Waals surface area contributed by atoms with Gasteiger partial charge in [0, 0.05) is 24.6 Å². The monoisotopic (exact) mass is 251 g/mol. The zero-order valence-electron chi connectivity index (χ0n) is 10.3. The van der Waals surface area contributed by atoms with Gasteiger partial charge in [0.2, 0.25) is 5.91 Å². The number of methoxy groups -OCH3 is 1. The molecule has 0 aliphatic carbocycles. The molecule has 18 heavy (non-hydrogen) atoms. The fourth-order valence-electron chi connectivity index (χ4n) is 1.49. The number of hydrogen-bond donors (Lipinski definition) is 2. The quantitative estimate of drug-likeness (QED) is 0.729. The number of carboxylic acid groups (broad SMARTS) is 1. The molecule has 0 bridgehead atoms. The van der Waals surface area contributed by atoms with Crippen LogP contribution in [0.5, 0.6) is 5.75 Å². The summed E-state index contributed by atoms with van der Waals surface area (Å²) in [5, 5.41) is 11.2. The van der Waals surface area contributed by atoms with Crippen molar-refractivity contribution in [2.75, 3.05) is 12.4 Å². The first-order chi connectivity index (χ1) is 8.61. The van der Waals surface area contributed by atoms with Gasteiger partial charge < -0.3 is 15.2 Å². The maximum Gasteiger partial charge on any atom is 0.303 e. The number of unbranched alkanes of at least 4 members (excludes halogenated alkanes) is 1. The minimum absolute atomic E-state index is 0.104. The number of aliphatic carboxylic acids is 1. The van der Waals surface area contributed by atoms with Crippen molar-refractivity contribution in [3.8, 4) is 5.75 Å². The molecule has 1 rings (SSSR count). The second kappa shape index (κ2) is 7.32. The number of ether oxygens (including phenoxy) is 1. The molecule has 5 nitrogen and oxygen atoms in total. The number of amides is 1. The van der Waals surface area contributed by atoms with Gasteiger partial charge in [-0.05, 0) is 25.0 Å². The van der Waals surface area contributed by atoms with Crippen molar-refractivity contribution in [3.63, 3.8) is 0 Å².